The van der Waals surface area contributed by atoms with E-state index in [1.165, 1.54) is 0 Å². The Balaban J connectivity index is 0.000000529. The fourth-order valence-electron chi connectivity index (χ4n) is 2.62. The number of nitrogens with zero attached hydrogens (tertiary/aromatic N) is 3. The minimum atomic E-state index is -1.08. The van der Waals surface area contributed by atoms with Gasteiger partial charge in [0.05, 0.1) is 22.8 Å². The van der Waals surface area contributed by atoms with Gasteiger partial charge in [-0.15, -0.1) is 0 Å². The summed E-state index contributed by atoms with van der Waals surface area (Å²) in [5, 5.41) is 17.8. The first-order chi connectivity index (χ1) is 15.4. The summed E-state index contributed by atoms with van der Waals surface area (Å²) < 4.78 is 0. The van der Waals surface area contributed by atoms with E-state index in [-0.39, 0.29) is 17.1 Å². The molecule has 33 heavy (non-hydrogen) atoms. The fourth-order valence-corrected chi connectivity index (χ4v) is 2.62. The topological polar surface area (TPSA) is 119 Å². The van der Waals surface area contributed by atoms with Gasteiger partial charge in [0.15, 0.2) is 0 Å². The van der Waals surface area contributed by atoms with Gasteiger partial charge in [-0.3, -0.25) is 9.97 Å². The van der Waals surface area contributed by atoms with Crippen LogP contribution in [-0.4, -0.2) is 26.9 Å². The smallest absolute Gasteiger partial charge is 0.550 e. The molecule has 0 bridgehead atoms. The first-order valence-corrected chi connectivity index (χ1v) is 9.62. The van der Waals surface area contributed by atoms with Crippen LogP contribution < -0.4 is 10.2 Å². The molecule has 0 spiro atoms. The molecule has 0 amide bonds. The van der Waals surface area contributed by atoms with Crippen LogP contribution in [0.1, 0.15) is 13.8 Å². The van der Waals surface area contributed by atoms with E-state index in [2.05, 4.69) is 34.2 Å². The summed E-state index contributed by atoms with van der Waals surface area (Å²) in [7, 11) is 0. The number of hydrogen-bond acceptors (Lipinski definition) is 7. The van der Waals surface area contributed by atoms with Gasteiger partial charge in [-0.1, -0.05) is 42.5 Å². The van der Waals surface area contributed by atoms with Crippen LogP contribution in [-0.2, 0) is 26.7 Å². The van der Waals surface area contributed by atoms with Gasteiger partial charge in [0, 0.05) is 24.3 Å². The molecule has 4 aromatic rings. The molecule has 0 aliphatic carbocycles. The maximum atomic E-state index is 8.89. The summed E-state index contributed by atoms with van der Waals surface area (Å²) in [4.78, 5) is 31.4. The molecule has 0 fully saturated rings. The Labute approximate surface area is 202 Å². The largest absolute Gasteiger partial charge is 2.00 e. The summed E-state index contributed by atoms with van der Waals surface area (Å²) in [6, 6.07) is 26.1. The molecule has 171 valence electrons. The number of pyridine rings is 3. The van der Waals surface area contributed by atoms with Gasteiger partial charge >= 0.3 is 17.1 Å². The molecule has 1 aromatic carbocycles. The Morgan fingerprint density at radius 2 is 1.00 bits per heavy atom. The van der Waals surface area contributed by atoms with E-state index in [9.17, 15) is 0 Å². The molecule has 0 aliphatic heterocycles. The maximum Gasteiger partial charge on any atom is 2.00 e. The zero-order valence-corrected chi connectivity index (χ0v) is 18.9. The molecule has 0 saturated heterocycles. The molecule has 4 rings (SSSR count). The number of aliphatic carboxylic acids is 2. The monoisotopic (exact) mass is 490 g/mol. The molecule has 0 atom stereocenters. The zero-order chi connectivity index (χ0) is 23.3. The van der Waals surface area contributed by atoms with Crippen LogP contribution in [0.2, 0.25) is 0 Å². The molecule has 3 heterocycles. The Morgan fingerprint density at radius 3 is 1.36 bits per heavy atom. The van der Waals surface area contributed by atoms with E-state index in [1.807, 2.05) is 54.6 Å². The van der Waals surface area contributed by atoms with Crippen molar-refractivity contribution >= 4 is 11.9 Å². The van der Waals surface area contributed by atoms with Crippen LogP contribution in [0.25, 0.3) is 33.9 Å². The van der Waals surface area contributed by atoms with Crippen molar-refractivity contribution in [3.05, 3.63) is 91.3 Å². The van der Waals surface area contributed by atoms with E-state index < -0.39 is 11.9 Å². The van der Waals surface area contributed by atoms with Gasteiger partial charge in [-0.25, -0.2) is 4.98 Å². The SMILES string of the molecule is CC(=O)[O-].CC(=O)[O-].[Cu+2].c1ccc(-c2cc(-c3ccccn3)nc(-c3ccccn3)c2)cc1. The number of benzene rings is 1. The van der Waals surface area contributed by atoms with Crippen LogP contribution in [0.3, 0.4) is 0 Å². The minimum absolute atomic E-state index is 0. The molecule has 3 aromatic heterocycles. The zero-order valence-electron chi connectivity index (χ0n) is 17.9. The van der Waals surface area contributed by atoms with Crippen molar-refractivity contribution in [1.82, 2.24) is 15.0 Å². The second kappa shape index (κ2) is 14.2. The maximum absolute atomic E-state index is 8.89. The Kier molecular flexibility index (Phi) is 11.7. The summed E-state index contributed by atoms with van der Waals surface area (Å²) >= 11 is 0. The third-order valence-electron chi connectivity index (χ3n) is 3.79. The molecule has 0 unspecified atom stereocenters. The van der Waals surface area contributed by atoms with Crippen molar-refractivity contribution in [2.45, 2.75) is 13.8 Å². The number of carbonyl (C=O) groups excluding carboxylic acids is 2. The fraction of sp³-hybridized carbons (Fsp3) is 0.0800. The number of hydrogen-bond donors (Lipinski definition) is 0. The average molecular weight is 491 g/mol. The van der Waals surface area contributed by atoms with Crippen LogP contribution >= 0.6 is 0 Å². The minimum Gasteiger partial charge on any atom is -0.550 e. The second-order valence-corrected chi connectivity index (χ2v) is 6.41. The quantitative estimate of drug-likeness (QED) is 0.404. The summed E-state index contributed by atoms with van der Waals surface area (Å²) in [5.41, 5.74) is 5.65. The van der Waals surface area contributed by atoms with Gasteiger partial charge in [0.2, 0.25) is 0 Å². The van der Waals surface area contributed by atoms with Crippen molar-refractivity contribution in [1.29, 1.82) is 0 Å². The molecular formula is C25H21CuN3O4. The van der Waals surface area contributed by atoms with Crippen molar-refractivity contribution in [3.63, 3.8) is 0 Å². The van der Waals surface area contributed by atoms with Crippen LogP contribution in [0.5, 0.6) is 0 Å². The van der Waals surface area contributed by atoms with Crippen LogP contribution in [0.15, 0.2) is 91.3 Å². The second-order valence-electron chi connectivity index (χ2n) is 6.41. The predicted molar refractivity (Wildman–Crippen MR) is 117 cm³/mol. The van der Waals surface area contributed by atoms with Crippen molar-refractivity contribution in [3.8, 4) is 33.9 Å². The number of aromatic nitrogens is 3. The van der Waals surface area contributed by atoms with Crippen molar-refractivity contribution < 1.29 is 36.9 Å². The van der Waals surface area contributed by atoms with Crippen LogP contribution in [0.4, 0.5) is 0 Å². The summed E-state index contributed by atoms with van der Waals surface area (Å²) in [6.07, 6.45) is 3.57. The standard InChI is InChI=1S/C21H15N3.2C2H4O2.Cu/c1-2-8-16(9-3-1)17-14-20(18-10-4-6-12-22-18)24-21(15-17)19-11-5-7-13-23-19;2*1-2(3)4;/h1-15H;2*1H3,(H,3,4);/q;;;+2/p-2. The molecule has 0 saturated carbocycles. The van der Waals surface area contributed by atoms with E-state index in [4.69, 9.17) is 24.8 Å². The molecular weight excluding hydrogens is 470 g/mol. The third kappa shape index (κ3) is 9.86. The average Bonchev–Trinajstić information content (AvgIpc) is 2.80. The number of carbonyl (C=O) groups is 2. The van der Waals surface area contributed by atoms with Gasteiger partial charge in [0.25, 0.3) is 0 Å². The third-order valence-corrected chi connectivity index (χ3v) is 3.79. The Morgan fingerprint density at radius 1 is 0.606 bits per heavy atom. The molecule has 8 heteroatoms. The van der Waals surface area contributed by atoms with Crippen molar-refractivity contribution in [2.24, 2.45) is 0 Å². The summed E-state index contributed by atoms with van der Waals surface area (Å²) in [5.74, 6) is -2.17. The Hall–Kier alpha value is -3.87. The van der Waals surface area contributed by atoms with Crippen molar-refractivity contribution in [2.75, 3.05) is 0 Å². The van der Waals surface area contributed by atoms with E-state index in [1.54, 1.807) is 12.4 Å². The first kappa shape index (κ1) is 27.2. The normalized spacial score (nSPS) is 9.15. The summed E-state index contributed by atoms with van der Waals surface area (Å²) in [6.45, 7) is 1.94. The molecule has 0 aliphatic rings. The van der Waals surface area contributed by atoms with E-state index in [0.29, 0.717) is 0 Å². The van der Waals surface area contributed by atoms with E-state index >= 15 is 0 Å². The number of rotatable bonds is 3. The predicted octanol–water partition coefficient (Wildman–Crippen LogP) is 2.38. The van der Waals surface area contributed by atoms with Gasteiger partial charge < -0.3 is 19.8 Å². The van der Waals surface area contributed by atoms with Gasteiger partial charge in [0.1, 0.15) is 0 Å². The Bertz CT molecular complexity index is 983. The van der Waals surface area contributed by atoms with Crippen LogP contribution in [0, 0.1) is 0 Å². The molecule has 1 radical (unpaired) electrons. The molecule has 0 N–H and O–H groups in total. The first-order valence-electron chi connectivity index (χ1n) is 9.62. The molecule has 7 nitrogen and oxygen atoms in total. The van der Waals surface area contributed by atoms with E-state index in [0.717, 1.165) is 47.8 Å². The number of carboxylic acid groups (broad SMARTS) is 2. The van der Waals surface area contributed by atoms with Gasteiger partial charge in [-0.2, -0.15) is 0 Å². The number of carboxylic acids is 2. The van der Waals surface area contributed by atoms with Gasteiger partial charge in [-0.05, 0) is 61.4 Å².